The number of methoxy groups -OCH3 is 1. The van der Waals surface area contributed by atoms with Crippen LogP contribution in [-0.4, -0.2) is 42.2 Å². The lowest BCUT2D eigenvalue weighted by Gasteiger charge is -2.32. The maximum absolute atomic E-state index is 13.7. The number of nitrogens with zero attached hydrogens (tertiary/aromatic N) is 1. The van der Waals surface area contributed by atoms with E-state index in [9.17, 15) is 9.59 Å². The molecule has 3 rings (SSSR count). The minimum absolute atomic E-state index is 0.116. The van der Waals surface area contributed by atoms with Gasteiger partial charge in [0.2, 0.25) is 11.8 Å². The lowest BCUT2D eigenvalue weighted by Crippen LogP contribution is -2.51. The van der Waals surface area contributed by atoms with Crippen molar-refractivity contribution >= 4 is 46.8 Å². The number of carbonyl (C=O) groups excluding carboxylic acids is 2. The van der Waals surface area contributed by atoms with Crippen LogP contribution in [0.5, 0.6) is 5.75 Å². The molecule has 0 saturated heterocycles. The topological polar surface area (TPSA) is 58.6 Å². The van der Waals surface area contributed by atoms with Crippen LogP contribution in [0.25, 0.3) is 0 Å². The molecule has 2 amide bonds. The zero-order valence-corrected chi connectivity index (χ0v) is 24.3. The highest BCUT2D eigenvalue weighted by molar-refractivity contribution is 7.99. The maximum atomic E-state index is 13.7. The Morgan fingerprint density at radius 3 is 2.24 bits per heavy atom. The Morgan fingerprint density at radius 2 is 1.61 bits per heavy atom. The highest BCUT2D eigenvalue weighted by atomic mass is 35.5. The van der Waals surface area contributed by atoms with Crippen LogP contribution in [-0.2, 0) is 28.3 Å². The molecule has 38 heavy (non-hydrogen) atoms. The minimum Gasteiger partial charge on any atom is -0.497 e. The van der Waals surface area contributed by atoms with Gasteiger partial charge in [-0.3, -0.25) is 9.59 Å². The zero-order chi connectivity index (χ0) is 27.5. The van der Waals surface area contributed by atoms with Crippen molar-refractivity contribution in [3.05, 3.63) is 99.5 Å². The summed E-state index contributed by atoms with van der Waals surface area (Å²) in [5, 5.41) is 3.89. The van der Waals surface area contributed by atoms with Crippen molar-refractivity contribution in [1.82, 2.24) is 10.2 Å². The van der Waals surface area contributed by atoms with Crippen LogP contribution in [0.15, 0.2) is 72.8 Å². The average molecular weight is 574 g/mol. The predicted octanol–water partition coefficient (Wildman–Crippen LogP) is 6.65. The molecular formula is C30H34Cl2N2O3S. The molecule has 8 heteroatoms. The Morgan fingerprint density at radius 1 is 0.921 bits per heavy atom. The van der Waals surface area contributed by atoms with Crippen molar-refractivity contribution in [3.63, 3.8) is 0 Å². The van der Waals surface area contributed by atoms with E-state index >= 15 is 0 Å². The molecule has 0 spiro atoms. The van der Waals surface area contributed by atoms with Crippen molar-refractivity contribution in [2.45, 2.75) is 38.6 Å². The molecule has 1 atom stereocenters. The summed E-state index contributed by atoms with van der Waals surface area (Å²) in [5.41, 5.74) is 2.88. The lowest BCUT2D eigenvalue weighted by molar-refractivity contribution is -0.139. The number of thioether (sulfide) groups is 1. The number of rotatable bonds is 13. The van der Waals surface area contributed by atoms with Gasteiger partial charge in [-0.05, 0) is 46.9 Å². The Kier molecular flexibility index (Phi) is 11.8. The molecule has 1 N–H and O–H groups in total. The minimum atomic E-state index is -0.681. The third-order valence-electron chi connectivity index (χ3n) is 5.95. The van der Waals surface area contributed by atoms with E-state index in [1.54, 1.807) is 24.1 Å². The van der Waals surface area contributed by atoms with Gasteiger partial charge in [-0.2, -0.15) is 0 Å². The molecular weight excluding hydrogens is 539 g/mol. The maximum Gasteiger partial charge on any atom is 0.243 e. The summed E-state index contributed by atoms with van der Waals surface area (Å²) in [5.74, 6) is 1.69. The van der Waals surface area contributed by atoms with Crippen LogP contribution in [0.3, 0.4) is 0 Å². The highest BCUT2D eigenvalue weighted by Crippen LogP contribution is 2.25. The standard InChI is InChI=1S/C30H34Cl2N2O3S/c1-21(2)17-33-30(36)28(16-22-7-5-4-6-8-22)34(18-24-11-14-26(31)27(32)15-24)29(35)20-38-19-23-9-12-25(37-3)13-10-23/h4-15,21,28H,16-20H2,1-3H3,(H,33,36)/t28-/m1/s1. The van der Waals surface area contributed by atoms with Gasteiger partial charge in [0.05, 0.1) is 22.9 Å². The van der Waals surface area contributed by atoms with E-state index in [4.69, 9.17) is 27.9 Å². The third-order valence-corrected chi connectivity index (χ3v) is 7.67. The van der Waals surface area contributed by atoms with E-state index in [1.165, 1.54) is 11.8 Å². The monoisotopic (exact) mass is 572 g/mol. The Bertz CT molecular complexity index is 1190. The first kappa shape index (κ1) is 29.9. The molecule has 0 aliphatic heterocycles. The number of benzene rings is 3. The molecule has 0 heterocycles. The quantitative estimate of drug-likeness (QED) is 0.249. The average Bonchev–Trinajstić information content (AvgIpc) is 2.92. The van der Waals surface area contributed by atoms with Gasteiger partial charge in [-0.1, -0.05) is 85.6 Å². The summed E-state index contributed by atoms with van der Waals surface area (Å²) >= 11 is 13.9. The molecule has 0 saturated carbocycles. The van der Waals surface area contributed by atoms with Gasteiger partial charge < -0.3 is 15.0 Å². The van der Waals surface area contributed by atoms with E-state index in [1.807, 2.05) is 74.5 Å². The molecule has 5 nitrogen and oxygen atoms in total. The number of hydrogen-bond acceptors (Lipinski definition) is 4. The molecule has 0 aliphatic carbocycles. The van der Waals surface area contributed by atoms with Gasteiger partial charge >= 0.3 is 0 Å². The van der Waals surface area contributed by atoms with Crippen molar-refractivity contribution in [2.24, 2.45) is 5.92 Å². The Hall–Kier alpha value is -2.67. The van der Waals surface area contributed by atoms with E-state index in [2.05, 4.69) is 5.32 Å². The number of nitrogens with one attached hydrogen (secondary N) is 1. The molecule has 0 unspecified atom stereocenters. The molecule has 3 aromatic rings. The van der Waals surface area contributed by atoms with Crippen molar-refractivity contribution < 1.29 is 14.3 Å². The summed E-state index contributed by atoms with van der Waals surface area (Å²) in [6.07, 6.45) is 0.404. The summed E-state index contributed by atoms with van der Waals surface area (Å²) in [4.78, 5) is 28.9. The number of halogens is 2. The van der Waals surface area contributed by atoms with Crippen LogP contribution in [0.4, 0.5) is 0 Å². The molecule has 0 bridgehead atoms. The molecule has 0 radical (unpaired) electrons. The van der Waals surface area contributed by atoms with Crippen molar-refractivity contribution in [3.8, 4) is 5.75 Å². The van der Waals surface area contributed by atoms with E-state index in [0.717, 1.165) is 22.4 Å². The summed E-state index contributed by atoms with van der Waals surface area (Å²) in [6, 6.07) is 22.2. The molecule has 202 valence electrons. The normalized spacial score (nSPS) is 11.7. The highest BCUT2D eigenvalue weighted by Gasteiger charge is 2.30. The smallest absolute Gasteiger partial charge is 0.243 e. The second kappa shape index (κ2) is 15.1. The zero-order valence-electron chi connectivity index (χ0n) is 22.0. The van der Waals surface area contributed by atoms with E-state index in [0.29, 0.717) is 28.8 Å². The van der Waals surface area contributed by atoms with E-state index < -0.39 is 6.04 Å². The number of carbonyl (C=O) groups is 2. The lowest BCUT2D eigenvalue weighted by atomic mass is 10.0. The van der Waals surface area contributed by atoms with Crippen molar-refractivity contribution in [2.75, 3.05) is 19.4 Å². The fourth-order valence-corrected chi connectivity index (χ4v) is 5.06. The second-order valence-electron chi connectivity index (χ2n) is 9.46. The number of ether oxygens (including phenoxy) is 1. The van der Waals surface area contributed by atoms with Crippen molar-refractivity contribution in [1.29, 1.82) is 0 Å². The predicted molar refractivity (Wildman–Crippen MR) is 158 cm³/mol. The Balaban J connectivity index is 1.84. The second-order valence-corrected chi connectivity index (χ2v) is 11.3. The van der Waals surface area contributed by atoms with Gasteiger partial charge in [0.25, 0.3) is 0 Å². The summed E-state index contributed by atoms with van der Waals surface area (Å²) < 4.78 is 5.22. The van der Waals surface area contributed by atoms with Gasteiger partial charge in [0.1, 0.15) is 11.8 Å². The largest absolute Gasteiger partial charge is 0.497 e. The van der Waals surface area contributed by atoms with Gasteiger partial charge in [-0.15, -0.1) is 11.8 Å². The fourth-order valence-electron chi connectivity index (χ4n) is 3.87. The van der Waals surface area contributed by atoms with Crippen LogP contribution in [0.1, 0.15) is 30.5 Å². The van der Waals surface area contributed by atoms with Gasteiger partial charge in [-0.25, -0.2) is 0 Å². The number of amides is 2. The summed E-state index contributed by atoms with van der Waals surface area (Å²) in [6.45, 7) is 4.86. The van der Waals surface area contributed by atoms with Crippen LogP contribution < -0.4 is 10.1 Å². The SMILES string of the molecule is COc1ccc(CSCC(=O)N(Cc2ccc(Cl)c(Cl)c2)[C@H](Cc2ccccc2)C(=O)NCC(C)C)cc1. The van der Waals surface area contributed by atoms with Crippen LogP contribution in [0.2, 0.25) is 10.0 Å². The van der Waals surface area contributed by atoms with Gasteiger partial charge in [0.15, 0.2) is 0 Å². The van der Waals surface area contributed by atoms with Crippen LogP contribution >= 0.6 is 35.0 Å². The molecule has 3 aromatic carbocycles. The summed E-state index contributed by atoms with van der Waals surface area (Å²) in [7, 11) is 1.63. The molecule has 0 fully saturated rings. The molecule has 0 aliphatic rings. The Labute approximate surface area is 239 Å². The first-order valence-corrected chi connectivity index (χ1v) is 14.4. The fraction of sp³-hybridized carbons (Fsp3) is 0.333. The number of hydrogen-bond donors (Lipinski definition) is 1. The third kappa shape index (κ3) is 9.26. The van der Waals surface area contributed by atoms with Gasteiger partial charge in [0, 0.05) is 25.3 Å². The van der Waals surface area contributed by atoms with Crippen LogP contribution in [0, 0.1) is 5.92 Å². The molecule has 0 aromatic heterocycles. The first-order valence-electron chi connectivity index (χ1n) is 12.5. The first-order chi connectivity index (χ1) is 18.3. The van der Waals surface area contributed by atoms with E-state index in [-0.39, 0.29) is 30.0 Å².